The van der Waals surface area contributed by atoms with Gasteiger partial charge in [-0.1, -0.05) is 38.1 Å². The maximum Gasteiger partial charge on any atom is 0.336 e. The van der Waals surface area contributed by atoms with Crippen molar-refractivity contribution in [3.63, 3.8) is 0 Å². The third-order valence-corrected chi connectivity index (χ3v) is 5.36. The molecule has 0 spiro atoms. The Balaban J connectivity index is 1.97. The summed E-state index contributed by atoms with van der Waals surface area (Å²) in [5.41, 5.74) is 2.65. The molecule has 6 heteroatoms. The highest BCUT2D eigenvalue weighted by Gasteiger charge is 2.37. The van der Waals surface area contributed by atoms with Gasteiger partial charge in [-0.3, -0.25) is 4.79 Å². The van der Waals surface area contributed by atoms with E-state index in [0.717, 1.165) is 16.9 Å². The van der Waals surface area contributed by atoms with E-state index in [1.165, 1.54) is 12.1 Å². The Morgan fingerprint density at radius 3 is 2.35 bits per heavy atom. The minimum absolute atomic E-state index is 0.0944. The quantitative estimate of drug-likeness (QED) is 0.597. The van der Waals surface area contributed by atoms with Crippen LogP contribution in [-0.4, -0.2) is 30.5 Å². The van der Waals surface area contributed by atoms with E-state index < -0.39 is 11.9 Å². The molecule has 0 aromatic heterocycles. The summed E-state index contributed by atoms with van der Waals surface area (Å²) in [7, 11) is 1.60. The standard InChI is InChI=1S/C25H28FNO4/c1-16(2)15-31-25(29)24-17(3)27(14-18-5-11-21(30-4)12-6-18)23(28)13-22(24)19-7-9-20(26)10-8-19/h5-12,16,22H,13-15H2,1-4H3. The highest BCUT2D eigenvalue weighted by atomic mass is 19.1. The summed E-state index contributed by atoms with van der Waals surface area (Å²) >= 11 is 0. The first kappa shape index (κ1) is 22.5. The van der Waals surface area contributed by atoms with Gasteiger partial charge in [0.2, 0.25) is 5.91 Å². The number of benzene rings is 2. The van der Waals surface area contributed by atoms with E-state index in [0.29, 0.717) is 17.8 Å². The molecule has 3 rings (SSSR count). The molecule has 2 aromatic rings. The van der Waals surface area contributed by atoms with Gasteiger partial charge in [-0.05, 0) is 48.2 Å². The molecular weight excluding hydrogens is 397 g/mol. The number of methoxy groups -OCH3 is 1. The van der Waals surface area contributed by atoms with Gasteiger partial charge < -0.3 is 14.4 Å². The highest BCUT2D eigenvalue weighted by Crippen LogP contribution is 2.38. The van der Waals surface area contributed by atoms with Gasteiger partial charge in [-0.25, -0.2) is 9.18 Å². The summed E-state index contributed by atoms with van der Waals surface area (Å²) in [5, 5.41) is 0. The second-order valence-corrected chi connectivity index (χ2v) is 8.13. The molecule has 1 aliphatic heterocycles. The third-order valence-electron chi connectivity index (χ3n) is 5.36. The molecule has 2 aromatic carbocycles. The first-order valence-electron chi connectivity index (χ1n) is 10.4. The summed E-state index contributed by atoms with van der Waals surface area (Å²) in [4.78, 5) is 27.7. The van der Waals surface area contributed by atoms with Crippen molar-refractivity contribution in [2.45, 2.75) is 39.7 Å². The number of esters is 1. The van der Waals surface area contributed by atoms with E-state index in [1.807, 2.05) is 38.1 Å². The van der Waals surface area contributed by atoms with Crippen LogP contribution >= 0.6 is 0 Å². The Morgan fingerprint density at radius 2 is 1.77 bits per heavy atom. The lowest BCUT2D eigenvalue weighted by Gasteiger charge is -2.34. The SMILES string of the molecule is COc1ccc(CN2C(=O)CC(c3ccc(F)cc3)C(C(=O)OCC(C)C)=C2C)cc1. The largest absolute Gasteiger partial charge is 0.497 e. The first-order chi connectivity index (χ1) is 14.8. The van der Waals surface area contributed by atoms with E-state index >= 15 is 0 Å². The van der Waals surface area contributed by atoms with Gasteiger partial charge in [0.1, 0.15) is 11.6 Å². The maximum absolute atomic E-state index is 13.4. The van der Waals surface area contributed by atoms with Gasteiger partial charge in [0.25, 0.3) is 0 Å². The number of ether oxygens (including phenoxy) is 2. The minimum Gasteiger partial charge on any atom is -0.497 e. The Morgan fingerprint density at radius 1 is 1.13 bits per heavy atom. The number of carbonyl (C=O) groups is 2. The molecular formula is C25H28FNO4. The minimum atomic E-state index is -0.472. The summed E-state index contributed by atoms with van der Waals surface area (Å²) in [6.07, 6.45) is 0.116. The van der Waals surface area contributed by atoms with E-state index in [4.69, 9.17) is 9.47 Å². The average Bonchev–Trinajstić information content (AvgIpc) is 2.75. The molecule has 1 aliphatic rings. The van der Waals surface area contributed by atoms with E-state index in [9.17, 15) is 14.0 Å². The van der Waals surface area contributed by atoms with Crippen molar-refractivity contribution in [1.82, 2.24) is 4.90 Å². The first-order valence-corrected chi connectivity index (χ1v) is 10.4. The Kier molecular flexibility index (Phi) is 7.10. The summed E-state index contributed by atoms with van der Waals surface area (Å²) in [6, 6.07) is 13.4. The molecule has 1 amide bonds. The number of allylic oxidation sites excluding steroid dienone is 1. The molecule has 31 heavy (non-hydrogen) atoms. The van der Waals surface area contributed by atoms with Crippen LogP contribution in [0, 0.1) is 11.7 Å². The second kappa shape index (κ2) is 9.77. The molecule has 5 nitrogen and oxygen atoms in total. The molecule has 0 saturated heterocycles. The topological polar surface area (TPSA) is 55.8 Å². The van der Waals surface area contributed by atoms with Crippen LogP contribution in [0.25, 0.3) is 0 Å². The normalized spacial score (nSPS) is 16.6. The van der Waals surface area contributed by atoms with Crippen LogP contribution in [0.1, 0.15) is 44.2 Å². The zero-order valence-electron chi connectivity index (χ0n) is 18.4. The van der Waals surface area contributed by atoms with Crippen LogP contribution in [0.15, 0.2) is 59.8 Å². The van der Waals surface area contributed by atoms with Crippen LogP contribution in [0.4, 0.5) is 4.39 Å². The Labute approximate surface area is 182 Å². The van der Waals surface area contributed by atoms with Crippen molar-refractivity contribution in [1.29, 1.82) is 0 Å². The van der Waals surface area contributed by atoms with Crippen molar-refractivity contribution in [3.05, 3.63) is 76.7 Å². The van der Waals surface area contributed by atoms with Crippen LogP contribution in [0.5, 0.6) is 5.75 Å². The molecule has 1 unspecified atom stereocenters. The molecule has 0 fully saturated rings. The predicted molar refractivity (Wildman–Crippen MR) is 116 cm³/mol. The molecule has 0 radical (unpaired) electrons. The monoisotopic (exact) mass is 425 g/mol. The van der Waals surface area contributed by atoms with Crippen LogP contribution in [0.2, 0.25) is 0 Å². The molecule has 0 N–H and O–H groups in total. The van der Waals surface area contributed by atoms with E-state index in [2.05, 4.69) is 0 Å². The van der Waals surface area contributed by atoms with Gasteiger partial charge in [0.15, 0.2) is 0 Å². The van der Waals surface area contributed by atoms with Gasteiger partial charge in [0, 0.05) is 18.0 Å². The predicted octanol–water partition coefficient (Wildman–Crippen LogP) is 4.82. The van der Waals surface area contributed by atoms with E-state index in [1.54, 1.807) is 31.1 Å². The molecule has 1 heterocycles. The van der Waals surface area contributed by atoms with E-state index in [-0.39, 0.29) is 30.7 Å². The van der Waals surface area contributed by atoms with Crippen LogP contribution in [-0.2, 0) is 20.9 Å². The lowest BCUT2D eigenvalue weighted by molar-refractivity contribution is -0.141. The number of rotatable bonds is 7. The van der Waals surface area contributed by atoms with Gasteiger partial charge in [-0.15, -0.1) is 0 Å². The molecule has 164 valence electrons. The van der Waals surface area contributed by atoms with Crippen LogP contribution in [0.3, 0.4) is 0 Å². The lowest BCUT2D eigenvalue weighted by atomic mass is 9.83. The maximum atomic E-state index is 13.4. The smallest absolute Gasteiger partial charge is 0.336 e. The third kappa shape index (κ3) is 5.32. The van der Waals surface area contributed by atoms with Crippen molar-refractivity contribution >= 4 is 11.9 Å². The Hall–Kier alpha value is -3.15. The number of halogens is 1. The zero-order valence-corrected chi connectivity index (χ0v) is 18.4. The fraction of sp³-hybridized carbons (Fsp3) is 0.360. The fourth-order valence-corrected chi connectivity index (χ4v) is 3.68. The van der Waals surface area contributed by atoms with Crippen molar-refractivity contribution in [2.24, 2.45) is 5.92 Å². The number of hydrogen-bond donors (Lipinski definition) is 0. The number of carbonyl (C=O) groups excluding carboxylic acids is 2. The molecule has 0 aliphatic carbocycles. The summed E-state index contributed by atoms with van der Waals surface area (Å²) in [5.74, 6) is -0.447. The number of hydrogen-bond acceptors (Lipinski definition) is 4. The Bertz CT molecular complexity index is 964. The second-order valence-electron chi connectivity index (χ2n) is 8.13. The zero-order chi connectivity index (χ0) is 22.5. The summed E-state index contributed by atoms with van der Waals surface area (Å²) < 4.78 is 24.2. The number of amides is 1. The van der Waals surface area contributed by atoms with Crippen molar-refractivity contribution < 1.29 is 23.5 Å². The van der Waals surface area contributed by atoms with Crippen molar-refractivity contribution in [2.75, 3.05) is 13.7 Å². The van der Waals surface area contributed by atoms with Gasteiger partial charge >= 0.3 is 5.97 Å². The fourth-order valence-electron chi connectivity index (χ4n) is 3.68. The number of nitrogens with zero attached hydrogens (tertiary/aromatic N) is 1. The average molecular weight is 426 g/mol. The molecule has 1 atom stereocenters. The lowest BCUT2D eigenvalue weighted by Crippen LogP contribution is -2.38. The van der Waals surface area contributed by atoms with Gasteiger partial charge in [0.05, 0.1) is 25.8 Å². The van der Waals surface area contributed by atoms with Gasteiger partial charge in [-0.2, -0.15) is 0 Å². The van der Waals surface area contributed by atoms with Crippen LogP contribution < -0.4 is 4.74 Å². The van der Waals surface area contributed by atoms with Crippen molar-refractivity contribution in [3.8, 4) is 5.75 Å². The molecule has 0 saturated carbocycles. The highest BCUT2D eigenvalue weighted by molar-refractivity contribution is 5.95. The summed E-state index contributed by atoms with van der Waals surface area (Å²) in [6.45, 7) is 6.33. The molecule has 0 bridgehead atoms.